The molecule has 0 aliphatic carbocycles. The standard InChI is InChI=1S/C24H33N3S/c1-28-24-9-7-22(8-10-24)20-25-13-11-23(12-14-25)27-17-15-26(16-18-27)19-21-5-3-2-4-6-21/h2-10,23H,11-20H2,1H3. The van der Waals surface area contributed by atoms with Crippen molar-refractivity contribution in [3.05, 3.63) is 65.7 Å². The summed E-state index contributed by atoms with van der Waals surface area (Å²) in [6.07, 6.45) is 4.78. The van der Waals surface area contributed by atoms with Crippen LogP contribution in [-0.4, -0.2) is 66.3 Å². The molecule has 2 fully saturated rings. The third-order valence-electron chi connectivity index (χ3n) is 6.29. The summed E-state index contributed by atoms with van der Waals surface area (Å²) in [6.45, 7) is 9.54. The summed E-state index contributed by atoms with van der Waals surface area (Å²) in [7, 11) is 0. The second kappa shape index (κ2) is 9.93. The van der Waals surface area contributed by atoms with Gasteiger partial charge in [0.15, 0.2) is 0 Å². The Morgan fingerprint density at radius 2 is 1.29 bits per heavy atom. The first kappa shape index (κ1) is 20.0. The number of hydrogen-bond acceptors (Lipinski definition) is 4. The Kier molecular flexibility index (Phi) is 7.08. The molecular formula is C24H33N3S. The Bertz CT molecular complexity index is 702. The van der Waals surface area contributed by atoms with Gasteiger partial charge >= 0.3 is 0 Å². The summed E-state index contributed by atoms with van der Waals surface area (Å²) in [4.78, 5) is 9.36. The Labute approximate surface area is 174 Å². The largest absolute Gasteiger partial charge is 0.299 e. The first-order valence-electron chi connectivity index (χ1n) is 10.7. The zero-order valence-corrected chi connectivity index (χ0v) is 17.9. The first-order chi connectivity index (χ1) is 13.8. The molecule has 4 heteroatoms. The van der Waals surface area contributed by atoms with E-state index in [1.165, 1.54) is 68.1 Å². The predicted molar refractivity (Wildman–Crippen MR) is 120 cm³/mol. The van der Waals surface area contributed by atoms with Crippen LogP contribution in [0.25, 0.3) is 0 Å². The molecule has 4 rings (SSSR count). The van der Waals surface area contributed by atoms with Gasteiger partial charge in [-0.2, -0.15) is 0 Å². The number of likely N-dealkylation sites (tertiary alicyclic amines) is 1. The molecule has 0 saturated carbocycles. The fraction of sp³-hybridized carbons (Fsp3) is 0.500. The van der Waals surface area contributed by atoms with Crippen molar-refractivity contribution in [2.45, 2.75) is 36.9 Å². The van der Waals surface area contributed by atoms with Crippen LogP contribution in [0.1, 0.15) is 24.0 Å². The van der Waals surface area contributed by atoms with Crippen LogP contribution >= 0.6 is 11.8 Å². The van der Waals surface area contributed by atoms with E-state index in [4.69, 9.17) is 0 Å². The Morgan fingerprint density at radius 1 is 0.714 bits per heavy atom. The minimum atomic E-state index is 0.786. The van der Waals surface area contributed by atoms with Gasteiger partial charge in [-0.15, -0.1) is 11.8 Å². The van der Waals surface area contributed by atoms with E-state index >= 15 is 0 Å². The van der Waals surface area contributed by atoms with Crippen molar-refractivity contribution in [2.75, 3.05) is 45.5 Å². The molecule has 2 aliphatic heterocycles. The highest BCUT2D eigenvalue weighted by atomic mass is 32.2. The van der Waals surface area contributed by atoms with E-state index in [0.717, 1.165) is 19.1 Å². The number of piperidine rings is 1. The molecule has 0 spiro atoms. The predicted octanol–water partition coefficient (Wildman–Crippen LogP) is 4.19. The van der Waals surface area contributed by atoms with Gasteiger partial charge in [0.2, 0.25) is 0 Å². The van der Waals surface area contributed by atoms with E-state index in [1.807, 2.05) is 11.8 Å². The van der Waals surface area contributed by atoms with Crippen molar-refractivity contribution in [1.82, 2.24) is 14.7 Å². The monoisotopic (exact) mass is 395 g/mol. The van der Waals surface area contributed by atoms with E-state index in [2.05, 4.69) is 75.6 Å². The SMILES string of the molecule is CSc1ccc(CN2CCC(N3CCN(Cc4ccccc4)CC3)CC2)cc1. The van der Waals surface area contributed by atoms with Gasteiger partial charge in [-0.05, 0) is 55.4 Å². The van der Waals surface area contributed by atoms with Crippen LogP contribution in [0.15, 0.2) is 59.5 Å². The molecule has 2 saturated heterocycles. The van der Waals surface area contributed by atoms with Gasteiger partial charge in [-0.1, -0.05) is 42.5 Å². The number of benzene rings is 2. The lowest BCUT2D eigenvalue weighted by molar-refractivity contribution is 0.0550. The van der Waals surface area contributed by atoms with Crippen LogP contribution in [0.5, 0.6) is 0 Å². The van der Waals surface area contributed by atoms with Crippen molar-refractivity contribution in [1.29, 1.82) is 0 Å². The lowest BCUT2D eigenvalue weighted by Gasteiger charge is -2.42. The van der Waals surface area contributed by atoms with Gasteiger partial charge < -0.3 is 0 Å². The maximum absolute atomic E-state index is 2.76. The molecule has 2 heterocycles. The fourth-order valence-electron chi connectivity index (χ4n) is 4.56. The topological polar surface area (TPSA) is 9.72 Å². The second-order valence-electron chi connectivity index (χ2n) is 8.15. The van der Waals surface area contributed by atoms with Crippen LogP contribution in [0.2, 0.25) is 0 Å². The van der Waals surface area contributed by atoms with E-state index in [1.54, 1.807) is 0 Å². The summed E-state index contributed by atoms with van der Waals surface area (Å²) in [6, 6.07) is 20.8. The highest BCUT2D eigenvalue weighted by Crippen LogP contribution is 2.21. The van der Waals surface area contributed by atoms with E-state index in [9.17, 15) is 0 Å². The van der Waals surface area contributed by atoms with E-state index in [-0.39, 0.29) is 0 Å². The summed E-state index contributed by atoms with van der Waals surface area (Å²) in [5.41, 5.74) is 2.89. The summed E-state index contributed by atoms with van der Waals surface area (Å²) in [5.74, 6) is 0. The van der Waals surface area contributed by atoms with Gasteiger partial charge in [-0.3, -0.25) is 14.7 Å². The third-order valence-corrected chi connectivity index (χ3v) is 7.04. The number of thioether (sulfide) groups is 1. The molecule has 2 aromatic carbocycles. The summed E-state index contributed by atoms with van der Waals surface area (Å²) in [5, 5.41) is 0. The quantitative estimate of drug-likeness (QED) is 0.678. The molecular weight excluding hydrogens is 362 g/mol. The van der Waals surface area contributed by atoms with Crippen LogP contribution in [0.4, 0.5) is 0 Å². The second-order valence-corrected chi connectivity index (χ2v) is 9.03. The molecule has 28 heavy (non-hydrogen) atoms. The maximum atomic E-state index is 2.76. The molecule has 0 aromatic heterocycles. The zero-order chi connectivity index (χ0) is 19.2. The maximum Gasteiger partial charge on any atom is 0.0234 e. The number of rotatable bonds is 6. The first-order valence-corrected chi connectivity index (χ1v) is 11.9. The molecule has 0 unspecified atom stereocenters. The molecule has 0 bridgehead atoms. The van der Waals surface area contributed by atoms with Crippen molar-refractivity contribution in [3.8, 4) is 0 Å². The highest BCUT2D eigenvalue weighted by molar-refractivity contribution is 7.98. The average Bonchev–Trinajstić information content (AvgIpc) is 2.76. The lowest BCUT2D eigenvalue weighted by atomic mass is 10.0. The fourth-order valence-corrected chi connectivity index (χ4v) is 4.97. The van der Waals surface area contributed by atoms with Gasteiger partial charge in [0, 0.05) is 50.2 Å². The van der Waals surface area contributed by atoms with Gasteiger partial charge in [0.05, 0.1) is 0 Å². The van der Waals surface area contributed by atoms with Gasteiger partial charge in [-0.25, -0.2) is 0 Å². The molecule has 2 aliphatic rings. The average molecular weight is 396 g/mol. The van der Waals surface area contributed by atoms with Crippen LogP contribution in [0, 0.1) is 0 Å². The van der Waals surface area contributed by atoms with Gasteiger partial charge in [0.1, 0.15) is 0 Å². The van der Waals surface area contributed by atoms with Crippen LogP contribution in [0.3, 0.4) is 0 Å². The van der Waals surface area contributed by atoms with E-state index in [0.29, 0.717) is 0 Å². The zero-order valence-electron chi connectivity index (χ0n) is 17.1. The molecule has 150 valence electrons. The smallest absolute Gasteiger partial charge is 0.0234 e. The van der Waals surface area contributed by atoms with Crippen molar-refractivity contribution >= 4 is 11.8 Å². The molecule has 0 radical (unpaired) electrons. The van der Waals surface area contributed by atoms with Gasteiger partial charge in [0.25, 0.3) is 0 Å². The lowest BCUT2D eigenvalue weighted by Crippen LogP contribution is -2.52. The molecule has 2 aromatic rings. The van der Waals surface area contributed by atoms with E-state index < -0.39 is 0 Å². The Morgan fingerprint density at radius 3 is 1.89 bits per heavy atom. The molecule has 0 N–H and O–H groups in total. The summed E-state index contributed by atoms with van der Waals surface area (Å²) >= 11 is 1.82. The van der Waals surface area contributed by atoms with Crippen molar-refractivity contribution < 1.29 is 0 Å². The Balaban J connectivity index is 1.19. The Hall–Kier alpha value is -1.33. The van der Waals surface area contributed by atoms with Crippen LogP contribution < -0.4 is 0 Å². The van der Waals surface area contributed by atoms with Crippen LogP contribution in [-0.2, 0) is 13.1 Å². The third kappa shape index (κ3) is 5.38. The normalized spacial score (nSPS) is 20.5. The van der Waals surface area contributed by atoms with Crippen molar-refractivity contribution in [3.63, 3.8) is 0 Å². The minimum Gasteiger partial charge on any atom is -0.299 e. The minimum absolute atomic E-state index is 0.786. The molecule has 0 amide bonds. The molecule has 0 atom stereocenters. The number of nitrogens with zero attached hydrogens (tertiary/aromatic N) is 3. The summed E-state index contributed by atoms with van der Waals surface area (Å²) < 4.78 is 0. The molecule has 3 nitrogen and oxygen atoms in total. The highest BCUT2D eigenvalue weighted by Gasteiger charge is 2.27. The van der Waals surface area contributed by atoms with Crippen molar-refractivity contribution in [2.24, 2.45) is 0 Å². The number of piperazine rings is 1. The number of hydrogen-bond donors (Lipinski definition) is 0.